The Labute approximate surface area is 99.0 Å². The summed E-state index contributed by atoms with van der Waals surface area (Å²) in [6, 6.07) is 5.72. The minimum Gasteiger partial charge on any atom is -0.396 e. The van der Waals surface area contributed by atoms with E-state index in [1.807, 2.05) is 29.1 Å². The molecule has 0 fully saturated rings. The molecule has 1 aromatic carbocycles. The van der Waals surface area contributed by atoms with Gasteiger partial charge in [-0.15, -0.1) is 0 Å². The fourth-order valence-corrected chi connectivity index (χ4v) is 2.45. The Balaban J connectivity index is 2.73. The van der Waals surface area contributed by atoms with Crippen molar-refractivity contribution in [3.63, 3.8) is 0 Å². The van der Waals surface area contributed by atoms with Crippen LogP contribution in [-0.4, -0.2) is 15.7 Å². The molecule has 0 unspecified atom stereocenters. The molecule has 1 N–H and O–H groups in total. The molecule has 1 heterocycles. The van der Waals surface area contributed by atoms with E-state index in [0.29, 0.717) is 6.42 Å². The molecule has 0 saturated heterocycles. The van der Waals surface area contributed by atoms with Crippen molar-refractivity contribution in [1.29, 1.82) is 0 Å². The van der Waals surface area contributed by atoms with Gasteiger partial charge in [0, 0.05) is 29.1 Å². The quantitative estimate of drug-likeness (QED) is 0.777. The highest BCUT2D eigenvalue weighted by atomic mass is 35.5. The number of thiol groups is 1. The third-order valence-electron chi connectivity index (χ3n) is 2.63. The molecule has 0 aliphatic rings. The maximum Gasteiger partial charge on any atom is 0.0595 e. The summed E-state index contributed by atoms with van der Waals surface area (Å²) >= 11 is 10.4. The Bertz CT molecular complexity index is 507. The second kappa shape index (κ2) is 4.08. The highest BCUT2D eigenvalue weighted by Gasteiger charge is 2.11. The summed E-state index contributed by atoms with van der Waals surface area (Å²) in [5.74, 6) is 0. The highest BCUT2D eigenvalue weighted by molar-refractivity contribution is 7.78. The molecule has 0 radical (unpaired) electrons. The predicted octanol–water partition coefficient (Wildman–Crippen LogP) is 2.83. The van der Waals surface area contributed by atoms with Gasteiger partial charge in [0.25, 0.3) is 0 Å². The fourth-order valence-electron chi connectivity index (χ4n) is 1.85. The molecule has 0 atom stereocenters. The number of nitrogens with zero attached hydrogens (tertiary/aromatic N) is 1. The van der Waals surface area contributed by atoms with Crippen LogP contribution in [0.2, 0.25) is 5.02 Å². The van der Waals surface area contributed by atoms with Crippen LogP contribution in [0, 0.1) is 6.92 Å². The Morgan fingerprint density at radius 3 is 2.87 bits per heavy atom. The van der Waals surface area contributed by atoms with Crippen molar-refractivity contribution >= 4 is 35.3 Å². The standard InChI is InChI=1S/C11H12ClNOS/c1-7-9-6-8(12)2-3-11(9)13(15)10(7)4-5-14/h2-3,6,14-15H,4-5H2,1H3. The van der Waals surface area contributed by atoms with Gasteiger partial charge in [0.1, 0.15) is 0 Å². The van der Waals surface area contributed by atoms with Crippen molar-refractivity contribution in [3.05, 3.63) is 34.5 Å². The minimum atomic E-state index is 0.130. The summed E-state index contributed by atoms with van der Waals surface area (Å²) < 4.78 is 1.82. The van der Waals surface area contributed by atoms with Gasteiger partial charge in [0.2, 0.25) is 0 Å². The average Bonchev–Trinajstić information content (AvgIpc) is 2.44. The number of aliphatic hydroxyl groups is 1. The van der Waals surface area contributed by atoms with Crippen LogP contribution in [0.1, 0.15) is 11.3 Å². The number of fused-ring (bicyclic) bond motifs is 1. The second-order valence-electron chi connectivity index (χ2n) is 3.52. The largest absolute Gasteiger partial charge is 0.396 e. The van der Waals surface area contributed by atoms with Gasteiger partial charge in [0.15, 0.2) is 0 Å². The van der Waals surface area contributed by atoms with E-state index in [1.165, 1.54) is 0 Å². The lowest BCUT2D eigenvalue weighted by atomic mass is 10.1. The third kappa shape index (κ3) is 1.75. The summed E-state index contributed by atoms with van der Waals surface area (Å²) in [5, 5.41) is 10.8. The van der Waals surface area contributed by atoms with Crippen LogP contribution in [0.15, 0.2) is 18.2 Å². The van der Waals surface area contributed by atoms with E-state index in [1.54, 1.807) is 0 Å². The topological polar surface area (TPSA) is 25.2 Å². The number of aryl methyl sites for hydroxylation is 1. The molecule has 15 heavy (non-hydrogen) atoms. The molecule has 0 aliphatic carbocycles. The van der Waals surface area contributed by atoms with Crippen molar-refractivity contribution < 1.29 is 5.11 Å². The summed E-state index contributed by atoms with van der Waals surface area (Å²) in [6.45, 7) is 2.15. The van der Waals surface area contributed by atoms with Gasteiger partial charge < -0.3 is 5.11 Å². The van der Waals surface area contributed by atoms with Crippen molar-refractivity contribution in [2.45, 2.75) is 13.3 Å². The van der Waals surface area contributed by atoms with Gasteiger partial charge in [-0.3, -0.25) is 3.97 Å². The van der Waals surface area contributed by atoms with Gasteiger partial charge in [0.05, 0.1) is 5.52 Å². The van der Waals surface area contributed by atoms with Crippen LogP contribution in [0.5, 0.6) is 0 Å². The van der Waals surface area contributed by atoms with E-state index in [0.717, 1.165) is 27.2 Å². The lowest BCUT2D eigenvalue weighted by molar-refractivity contribution is 0.298. The van der Waals surface area contributed by atoms with Crippen LogP contribution >= 0.6 is 24.4 Å². The maximum absolute atomic E-state index is 8.97. The predicted molar refractivity (Wildman–Crippen MR) is 66.9 cm³/mol. The SMILES string of the molecule is Cc1c(CCO)n(S)c2ccc(Cl)cc12. The van der Waals surface area contributed by atoms with Crippen molar-refractivity contribution in [2.24, 2.45) is 0 Å². The number of halogens is 1. The van der Waals surface area contributed by atoms with Gasteiger partial charge in [-0.05, 0) is 30.7 Å². The highest BCUT2D eigenvalue weighted by Crippen LogP contribution is 2.29. The fraction of sp³-hybridized carbons (Fsp3) is 0.273. The number of aromatic nitrogens is 1. The van der Waals surface area contributed by atoms with E-state index in [9.17, 15) is 0 Å². The number of benzene rings is 1. The molecule has 0 aliphatic heterocycles. The van der Waals surface area contributed by atoms with Gasteiger partial charge >= 0.3 is 0 Å². The number of hydrogen-bond acceptors (Lipinski definition) is 2. The lowest BCUT2D eigenvalue weighted by Gasteiger charge is -2.01. The van der Waals surface area contributed by atoms with Gasteiger partial charge in [-0.1, -0.05) is 24.4 Å². The van der Waals surface area contributed by atoms with Crippen molar-refractivity contribution in [1.82, 2.24) is 3.97 Å². The summed E-state index contributed by atoms with van der Waals surface area (Å²) in [5.41, 5.74) is 3.21. The van der Waals surface area contributed by atoms with Crippen LogP contribution in [0.25, 0.3) is 10.9 Å². The smallest absolute Gasteiger partial charge is 0.0595 e. The van der Waals surface area contributed by atoms with Gasteiger partial charge in [-0.25, -0.2) is 0 Å². The molecule has 2 nitrogen and oxygen atoms in total. The minimum absolute atomic E-state index is 0.130. The third-order valence-corrected chi connectivity index (χ3v) is 3.32. The van der Waals surface area contributed by atoms with Crippen LogP contribution in [0.3, 0.4) is 0 Å². The van der Waals surface area contributed by atoms with E-state index in [4.69, 9.17) is 16.7 Å². The first kappa shape index (κ1) is 10.9. The van der Waals surface area contributed by atoms with E-state index in [2.05, 4.69) is 12.8 Å². The Hall–Kier alpha value is -0.640. The Morgan fingerprint density at radius 1 is 1.47 bits per heavy atom. The molecular weight excluding hydrogens is 230 g/mol. The van der Waals surface area contributed by atoms with E-state index >= 15 is 0 Å². The van der Waals surface area contributed by atoms with Crippen molar-refractivity contribution in [3.8, 4) is 0 Å². The van der Waals surface area contributed by atoms with Crippen molar-refractivity contribution in [2.75, 3.05) is 6.61 Å². The second-order valence-corrected chi connectivity index (χ2v) is 4.36. The number of rotatable bonds is 2. The molecule has 1 aromatic heterocycles. The molecule has 0 bridgehead atoms. The molecular formula is C11H12ClNOS. The molecule has 2 rings (SSSR count). The summed E-state index contributed by atoms with van der Waals surface area (Å²) in [4.78, 5) is 0. The summed E-state index contributed by atoms with van der Waals surface area (Å²) in [6.07, 6.45) is 0.613. The average molecular weight is 242 g/mol. The monoisotopic (exact) mass is 241 g/mol. The number of hydrogen-bond donors (Lipinski definition) is 2. The zero-order valence-corrected chi connectivity index (χ0v) is 10.0. The molecule has 0 amide bonds. The first-order valence-corrected chi connectivity index (χ1v) is 5.52. The lowest BCUT2D eigenvalue weighted by Crippen LogP contribution is -1.97. The van der Waals surface area contributed by atoms with E-state index in [-0.39, 0.29) is 6.61 Å². The van der Waals surface area contributed by atoms with Crippen LogP contribution in [-0.2, 0) is 6.42 Å². The molecule has 80 valence electrons. The molecule has 2 aromatic rings. The van der Waals surface area contributed by atoms with E-state index < -0.39 is 0 Å². The van der Waals surface area contributed by atoms with Crippen LogP contribution < -0.4 is 0 Å². The van der Waals surface area contributed by atoms with Crippen LogP contribution in [0.4, 0.5) is 0 Å². The first-order valence-electron chi connectivity index (χ1n) is 4.74. The molecule has 4 heteroatoms. The summed E-state index contributed by atoms with van der Waals surface area (Å²) in [7, 11) is 0. The first-order chi connectivity index (χ1) is 7.15. The Kier molecular flexibility index (Phi) is 2.96. The Morgan fingerprint density at radius 2 is 2.20 bits per heavy atom. The van der Waals surface area contributed by atoms with Gasteiger partial charge in [-0.2, -0.15) is 0 Å². The zero-order valence-electron chi connectivity index (χ0n) is 8.37. The molecule has 0 spiro atoms. The maximum atomic E-state index is 8.97. The zero-order chi connectivity index (χ0) is 11.0. The normalized spacial score (nSPS) is 11.2. The number of aliphatic hydroxyl groups excluding tert-OH is 1. The molecule has 0 saturated carbocycles.